The molecule has 0 radical (unpaired) electrons. The van der Waals surface area contributed by atoms with E-state index in [0.29, 0.717) is 6.42 Å². The molecule has 0 aliphatic heterocycles. The molecule has 0 aromatic heterocycles. The standard InChI is InChI=1S/C48H89NO3/c1-3-5-7-9-11-13-15-16-17-18-19-20-21-22-23-24-25-26-27-28-29-30-31-32-34-36-38-40-42-44-48(52)49-46(45-50)47(51)43-41-39-37-35-33-14-12-10-8-6-4-2/h15-16,18-19,21-22,41,43,46-47,50-51H,3-14,17,20,23-40,42,44-45H2,1-2H3,(H,49,52)/b16-15-,19-18-,22-21-,43-41+. The SMILES string of the molecule is CCCCCCC/C=C\C/C=C\C/C=C\CCCCCCCCCCCCCCCCC(=O)NC(CO)C(O)/C=C/CCCCCCCCCCC. The van der Waals surface area contributed by atoms with Crippen LogP contribution in [0.25, 0.3) is 0 Å². The summed E-state index contributed by atoms with van der Waals surface area (Å²) >= 11 is 0. The quantitative estimate of drug-likeness (QED) is 0.0434. The highest BCUT2D eigenvalue weighted by molar-refractivity contribution is 5.76. The zero-order valence-corrected chi connectivity index (χ0v) is 34.8. The van der Waals surface area contributed by atoms with E-state index in [4.69, 9.17) is 0 Å². The number of carbonyl (C=O) groups is 1. The normalized spacial score (nSPS) is 13.4. The largest absolute Gasteiger partial charge is 0.394 e. The molecule has 4 heteroatoms. The van der Waals surface area contributed by atoms with E-state index < -0.39 is 12.1 Å². The zero-order valence-electron chi connectivity index (χ0n) is 34.8. The van der Waals surface area contributed by atoms with Crippen LogP contribution in [0.15, 0.2) is 48.6 Å². The van der Waals surface area contributed by atoms with Crippen LogP contribution in [-0.2, 0) is 4.79 Å². The molecule has 1 amide bonds. The molecule has 3 N–H and O–H groups in total. The van der Waals surface area contributed by atoms with Crippen molar-refractivity contribution in [3.63, 3.8) is 0 Å². The summed E-state index contributed by atoms with van der Waals surface area (Å²) in [6.07, 6.45) is 59.4. The average molecular weight is 728 g/mol. The van der Waals surface area contributed by atoms with Crippen molar-refractivity contribution in [1.82, 2.24) is 5.32 Å². The highest BCUT2D eigenvalue weighted by Gasteiger charge is 2.17. The number of carbonyl (C=O) groups excluding carboxylic acids is 1. The minimum atomic E-state index is -0.838. The summed E-state index contributed by atoms with van der Waals surface area (Å²) in [6, 6.07) is -0.621. The van der Waals surface area contributed by atoms with Crippen LogP contribution in [0.5, 0.6) is 0 Å². The van der Waals surface area contributed by atoms with Gasteiger partial charge in [0.2, 0.25) is 5.91 Å². The molecular formula is C48H89NO3. The van der Waals surface area contributed by atoms with Crippen LogP contribution in [-0.4, -0.2) is 34.9 Å². The third-order valence-electron chi connectivity index (χ3n) is 10.3. The molecule has 0 fully saturated rings. The molecule has 4 nitrogen and oxygen atoms in total. The second kappa shape index (κ2) is 43.8. The first-order chi connectivity index (χ1) is 25.7. The van der Waals surface area contributed by atoms with Gasteiger partial charge in [-0.05, 0) is 57.8 Å². The van der Waals surface area contributed by atoms with Crippen LogP contribution in [0.2, 0.25) is 0 Å². The number of rotatable bonds is 41. The minimum Gasteiger partial charge on any atom is -0.394 e. The molecule has 0 bridgehead atoms. The van der Waals surface area contributed by atoms with Crippen molar-refractivity contribution in [2.45, 2.75) is 244 Å². The van der Waals surface area contributed by atoms with E-state index in [2.05, 4.69) is 55.6 Å². The number of allylic oxidation sites excluding steroid dienone is 7. The fourth-order valence-corrected chi connectivity index (χ4v) is 6.77. The van der Waals surface area contributed by atoms with Gasteiger partial charge in [-0.2, -0.15) is 0 Å². The van der Waals surface area contributed by atoms with Crippen LogP contribution in [0, 0.1) is 0 Å². The summed E-state index contributed by atoms with van der Waals surface area (Å²) in [6.45, 7) is 4.28. The van der Waals surface area contributed by atoms with Crippen LogP contribution in [0.1, 0.15) is 232 Å². The molecule has 0 aromatic carbocycles. The Morgan fingerprint density at radius 2 is 0.788 bits per heavy atom. The topological polar surface area (TPSA) is 69.6 Å². The van der Waals surface area contributed by atoms with Crippen molar-refractivity contribution in [3.05, 3.63) is 48.6 Å². The maximum atomic E-state index is 12.4. The van der Waals surface area contributed by atoms with Crippen LogP contribution in [0.4, 0.5) is 0 Å². The smallest absolute Gasteiger partial charge is 0.220 e. The number of hydrogen-bond acceptors (Lipinski definition) is 3. The minimum absolute atomic E-state index is 0.0665. The number of aliphatic hydroxyl groups excluding tert-OH is 2. The lowest BCUT2D eigenvalue weighted by Crippen LogP contribution is -2.45. The lowest BCUT2D eigenvalue weighted by Gasteiger charge is -2.20. The Kier molecular flexibility index (Phi) is 42.4. The van der Waals surface area contributed by atoms with Gasteiger partial charge >= 0.3 is 0 Å². The van der Waals surface area contributed by atoms with Gasteiger partial charge in [-0.25, -0.2) is 0 Å². The van der Waals surface area contributed by atoms with Crippen molar-refractivity contribution in [3.8, 4) is 0 Å². The van der Waals surface area contributed by atoms with E-state index in [0.717, 1.165) is 38.5 Å². The Labute approximate surface area is 324 Å². The summed E-state index contributed by atoms with van der Waals surface area (Å²) in [5, 5.41) is 22.9. The number of unbranched alkanes of at least 4 members (excludes halogenated alkanes) is 28. The van der Waals surface area contributed by atoms with Gasteiger partial charge in [0.15, 0.2) is 0 Å². The summed E-state index contributed by atoms with van der Waals surface area (Å²) < 4.78 is 0. The predicted molar refractivity (Wildman–Crippen MR) is 230 cm³/mol. The Morgan fingerprint density at radius 1 is 0.462 bits per heavy atom. The molecule has 52 heavy (non-hydrogen) atoms. The van der Waals surface area contributed by atoms with Gasteiger partial charge in [0.25, 0.3) is 0 Å². The lowest BCUT2D eigenvalue weighted by molar-refractivity contribution is -0.123. The maximum absolute atomic E-state index is 12.4. The van der Waals surface area contributed by atoms with E-state index in [1.165, 1.54) is 173 Å². The molecule has 0 aliphatic rings. The van der Waals surface area contributed by atoms with Gasteiger partial charge in [0.05, 0.1) is 18.8 Å². The van der Waals surface area contributed by atoms with Gasteiger partial charge in [0.1, 0.15) is 0 Å². The van der Waals surface area contributed by atoms with E-state index in [-0.39, 0.29) is 12.5 Å². The molecule has 0 saturated heterocycles. The third-order valence-corrected chi connectivity index (χ3v) is 10.3. The van der Waals surface area contributed by atoms with E-state index in [9.17, 15) is 15.0 Å². The Morgan fingerprint density at radius 3 is 1.17 bits per heavy atom. The first-order valence-electron chi connectivity index (χ1n) is 22.9. The van der Waals surface area contributed by atoms with Crippen molar-refractivity contribution in [2.75, 3.05) is 6.61 Å². The first-order valence-corrected chi connectivity index (χ1v) is 22.9. The summed E-state index contributed by atoms with van der Waals surface area (Å²) in [5.74, 6) is -0.0665. The second-order valence-electron chi connectivity index (χ2n) is 15.5. The zero-order chi connectivity index (χ0) is 37.8. The predicted octanol–water partition coefficient (Wildman–Crippen LogP) is 14.4. The number of nitrogens with one attached hydrogen (secondary N) is 1. The molecule has 0 heterocycles. The average Bonchev–Trinajstić information content (AvgIpc) is 3.15. The highest BCUT2D eigenvalue weighted by Crippen LogP contribution is 2.15. The second-order valence-corrected chi connectivity index (χ2v) is 15.5. The van der Waals surface area contributed by atoms with Crippen molar-refractivity contribution >= 4 is 5.91 Å². The van der Waals surface area contributed by atoms with E-state index in [1.807, 2.05) is 6.08 Å². The molecular weight excluding hydrogens is 639 g/mol. The lowest BCUT2D eigenvalue weighted by atomic mass is 10.0. The van der Waals surface area contributed by atoms with Gasteiger partial charge in [0, 0.05) is 6.42 Å². The number of hydrogen-bond donors (Lipinski definition) is 3. The van der Waals surface area contributed by atoms with Crippen molar-refractivity contribution < 1.29 is 15.0 Å². The van der Waals surface area contributed by atoms with Gasteiger partial charge in [-0.3, -0.25) is 4.79 Å². The Bertz CT molecular complexity index is 831. The molecule has 304 valence electrons. The molecule has 2 unspecified atom stereocenters. The van der Waals surface area contributed by atoms with Gasteiger partial charge < -0.3 is 15.5 Å². The fraction of sp³-hybridized carbons (Fsp3) is 0.812. The molecule has 0 spiro atoms. The molecule has 0 saturated carbocycles. The maximum Gasteiger partial charge on any atom is 0.220 e. The van der Waals surface area contributed by atoms with Gasteiger partial charge in [-0.1, -0.05) is 217 Å². The summed E-state index contributed by atoms with van der Waals surface area (Å²) in [7, 11) is 0. The Balaban J connectivity index is 3.50. The third kappa shape index (κ3) is 39.6. The van der Waals surface area contributed by atoms with Crippen molar-refractivity contribution in [2.24, 2.45) is 0 Å². The highest BCUT2D eigenvalue weighted by atomic mass is 16.3. The van der Waals surface area contributed by atoms with Crippen LogP contribution >= 0.6 is 0 Å². The summed E-state index contributed by atoms with van der Waals surface area (Å²) in [5.41, 5.74) is 0. The Hall–Kier alpha value is -1.65. The van der Waals surface area contributed by atoms with Crippen molar-refractivity contribution in [1.29, 1.82) is 0 Å². The number of amides is 1. The summed E-state index contributed by atoms with van der Waals surface area (Å²) in [4.78, 5) is 12.4. The fourth-order valence-electron chi connectivity index (χ4n) is 6.77. The number of aliphatic hydroxyl groups is 2. The molecule has 0 aliphatic carbocycles. The van der Waals surface area contributed by atoms with E-state index >= 15 is 0 Å². The monoisotopic (exact) mass is 728 g/mol. The molecule has 0 rings (SSSR count). The van der Waals surface area contributed by atoms with Gasteiger partial charge in [-0.15, -0.1) is 0 Å². The van der Waals surface area contributed by atoms with Crippen LogP contribution < -0.4 is 5.32 Å². The molecule has 0 aromatic rings. The molecule has 2 atom stereocenters. The van der Waals surface area contributed by atoms with Crippen LogP contribution in [0.3, 0.4) is 0 Å². The first kappa shape index (κ1) is 50.4. The van der Waals surface area contributed by atoms with E-state index in [1.54, 1.807) is 6.08 Å².